The highest BCUT2D eigenvalue weighted by atomic mass is 19.1. The first-order valence-electron chi connectivity index (χ1n) is 10.9. The van der Waals surface area contributed by atoms with Gasteiger partial charge in [-0.2, -0.15) is 4.98 Å². The van der Waals surface area contributed by atoms with Gasteiger partial charge in [-0.25, -0.2) is 9.18 Å². The number of hydrogen-bond acceptors (Lipinski definition) is 9. The first-order chi connectivity index (χ1) is 16.2. The Hall–Kier alpha value is -3.22. The van der Waals surface area contributed by atoms with E-state index in [1.54, 1.807) is 20.8 Å². The molecule has 11 nitrogen and oxygen atoms in total. The van der Waals surface area contributed by atoms with Crippen molar-refractivity contribution in [2.45, 2.75) is 52.2 Å². The monoisotopic (exact) mass is 481 g/mol. The Morgan fingerprint density at radius 1 is 1.12 bits per heavy atom. The number of halogens is 1. The van der Waals surface area contributed by atoms with Crippen LogP contribution in [0, 0.1) is 5.82 Å². The highest BCUT2D eigenvalue weighted by molar-refractivity contribution is 6.04. The number of anilines is 1. The third-order valence-corrected chi connectivity index (χ3v) is 5.06. The van der Waals surface area contributed by atoms with Crippen molar-refractivity contribution < 1.29 is 38.3 Å². The molecule has 0 bridgehead atoms. The molecule has 3 N–H and O–H groups in total. The molecule has 1 saturated heterocycles. The summed E-state index contributed by atoms with van der Waals surface area (Å²) in [4.78, 5) is 28.9. The number of nitrogens with zero attached hydrogens (tertiary/aromatic N) is 2. The number of benzene rings is 1. The van der Waals surface area contributed by atoms with E-state index in [0.29, 0.717) is 25.6 Å². The van der Waals surface area contributed by atoms with Gasteiger partial charge in [0.15, 0.2) is 29.4 Å². The molecule has 4 atom stereocenters. The van der Waals surface area contributed by atoms with Crippen LogP contribution in [-0.2, 0) is 4.74 Å². The fraction of sp³-hybridized carbons (Fsp3) is 0.500. The summed E-state index contributed by atoms with van der Waals surface area (Å²) < 4.78 is 37.5. The zero-order valence-electron chi connectivity index (χ0n) is 19.3. The number of aliphatic hydroxyl groups is 2. The first-order valence-corrected chi connectivity index (χ1v) is 10.9. The molecule has 1 aliphatic rings. The summed E-state index contributed by atoms with van der Waals surface area (Å²) in [5.41, 5.74) is -0.925. The van der Waals surface area contributed by atoms with Gasteiger partial charge in [0.2, 0.25) is 5.75 Å². The van der Waals surface area contributed by atoms with Gasteiger partial charge in [-0.15, -0.1) is 0 Å². The van der Waals surface area contributed by atoms with E-state index in [2.05, 4.69) is 10.3 Å². The number of aliphatic hydroxyl groups excluding tert-OH is 2. The minimum absolute atomic E-state index is 0.0622. The van der Waals surface area contributed by atoms with Gasteiger partial charge in [0.1, 0.15) is 12.2 Å². The Morgan fingerprint density at radius 2 is 1.71 bits per heavy atom. The van der Waals surface area contributed by atoms with Gasteiger partial charge in [-0.05, 0) is 39.8 Å². The van der Waals surface area contributed by atoms with Gasteiger partial charge in [0.25, 0.3) is 5.91 Å². The van der Waals surface area contributed by atoms with Gasteiger partial charge in [-0.1, -0.05) is 0 Å². The second-order valence-electron chi connectivity index (χ2n) is 7.40. The maximum atomic E-state index is 14.7. The van der Waals surface area contributed by atoms with Crippen molar-refractivity contribution in [2.75, 3.05) is 25.1 Å². The first kappa shape index (κ1) is 25.4. The lowest BCUT2D eigenvalue weighted by molar-refractivity contribution is -0.0355. The number of nitrogens with one attached hydrogen (secondary N) is 1. The molecule has 2 heterocycles. The maximum Gasteiger partial charge on any atom is 0.351 e. The minimum Gasteiger partial charge on any atom is -0.490 e. The largest absolute Gasteiger partial charge is 0.490 e. The van der Waals surface area contributed by atoms with Gasteiger partial charge < -0.3 is 34.5 Å². The third-order valence-electron chi connectivity index (χ3n) is 5.06. The summed E-state index contributed by atoms with van der Waals surface area (Å²) in [6.07, 6.45) is -4.05. The summed E-state index contributed by atoms with van der Waals surface area (Å²) in [6.45, 7) is 7.76. The van der Waals surface area contributed by atoms with Crippen molar-refractivity contribution in [3.63, 3.8) is 0 Å². The normalized spacial score (nSPS) is 21.9. The van der Waals surface area contributed by atoms with Crippen LogP contribution in [0.2, 0.25) is 0 Å². The van der Waals surface area contributed by atoms with E-state index in [-0.39, 0.29) is 17.1 Å². The topological polar surface area (TPSA) is 141 Å². The van der Waals surface area contributed by atoms with Crippen molar-refractivity contribution >= 4 is 11.7 Å². The van der Waals surface area contributed by atoms with E-state index in [4.69, 9.17) is 18.9 Å². The molecule has 2 aromatic rings. The van der Waals surface area contributed by atoms with Crippen LogP contribution in [0.4, 0.5) is 10.2 Å². The number of rotatable bonds is 9. The molecule has 0 spiro atoms. The van der Waals surface area contributed by atoms with Crippen LogP contribution < -0.4 is 25.2 Å². The predicted octanol–water partition coefficient (Wildman–Crippen LogP) is 1.47. The Kier molecular flexibility index (Phi) is 8.07. The maximum absolute atomic E-state index is 14.7. The second-order valence-corrected chi connectivity index (χ2v) is 7.40. The van der Waals surface area contributed by atoms with E-state index in [0.717, 1.165) is 10.8 Å². The molecule has 1 aliphatic heterocycles. The molecular formula is C22H28FN3O8. The average molecular weight is 481 g/mol. The molecule has 0 saturated carbocycles. The third kappa shape index (κ3) is 5.13. The SMILES string of the molecule is CCOc1cc(C(=O)Nc2nc(=O)n([C@@H]3O[C@H](C)[C@@H](O)[C@H]3O)cc2F)cc(OCC)c1OCC. The van der Waals surface area contributed by atoms with Gasteiger partial charge in [0, 0.05) is 5.56 Å². The van der Waals surface area contributed by atoms with Crippen molar-refractivity contribution in [1.82, 2.24) is 9.55 Å². The van der Waals surface area contributed by atoms with Gasteiger partial charge >= 0.3 is 5.69 Å². The van der Waals surface area contributed by atoms with E-state index < -0.39 is 47.8 Å². The van der Waals surface area contributed by atoms with Crippen molar-refractivity contribution in [2.24, 2.45) is 0 Å². The van der Waals surface area contributed by atoms with Crippen molar-refractivity contribution in [3.8, 4) is 17.2 Å². The molecule has 1 fully saturated rings. The summed E-state index contributed by atoms with van der Waals surface area (Å²) in [5, 5.41) is 22.2. The zero-order chi connectivity index (χ0) is 25.0. The average Bonchev–Trinajstić information content (AvgIpc) is 3.05. The molecule has 0 aliphatic carbocycles. The molecule has 0 unspecified atom stereocenters. The molecule has 12 heteroatoms. The number of carbonyl (C=O) groups is 1. The molecule has 1 aromatic carbocycles. The number of hydrogen-bond donors (Lipinski definition) is 3. The van der Waals surface area contributed by atoms with E-state index in [1.165, 1.54) is 19.1 Å². The van der Waals surface area contributed by atoms with Gasteiger partial charge in [0.05, 0.1) is 32.1 Å². The standard InChI is InChI=1S/C22H28FN3O8/c1-5-31-14-8-12(9-15(32-6-2)18(14)33-7-3)20(29)24-19-13(23)10-26(22(30)25-19)21-17(28)16(27)11(4)34-21/h8-11,16-17,21,27-28H,5-7H2,1-4H3,(H,24,25,29,30)/t11-,16-,17-,21-/m1/s1. The lowest BCUT2D eigenvalue weighted by Gasteiger charge is -2.18. The van der Waals surface area contributed by atoms with Crippen LogP contribution in [0.15, 0.2) is 23.1 Å². The Labute approximate surface area is 195 Å². The fourth-order valence-electron chi connectivity index (χ4n) is 3.47. The van der Waals surface area contributed by atoms with Crippen LogP contribution in [0.5, 0.6) is 17.2 Å². The minimum atomic E-state index is -1.45. The van der Waals surface area contributed by atoms with E-state index in [1.807, 2.05) is 0 Å². The number of ether oxygens (including phenoxy) is 4. The number of amides is 1. The summed E-state index contributed by atoms with van der Waals surface area (Å²) in [5.74, 6) is -1.56. The molecule has 1 aromatic heterocycles. The molecule has 34 heavy (non-hydrogen) atoms. The highest BCUT2D eigenvalue weighted by Gasteiger charge is 2.42. The number of carbonyl (C=O) groups excluding carboxylic acids is 1. The fourth-order valence-corrected chi connectivity index (χ4v) is 3.47. The summed E-state index contributed by atoms with van der Waals surface area (Å²) in [7, 11) is 0. The predicted molar refractivity (Wildman–Crippen MR) is 118 cm³/mol. The van der Waals surface area contributed by atoms with Gasteiger partial charge in [-0.3, -0.25) is 9.36 Å². The van der Waals surface area contributed by atoms with Crippen LogP contribution in [0.25, 0.3) is 0 Å². The molecule has 186 valence electrons. The Balaban J connectivity index is 1.91. The smallest absolute Gasteiger partial charge is 0.351 e. The molecular weight excluding hydrogens is 453 g/mol. The summed E-state index contributed by atoms with van der Waals surface area (Å²) in [6, 6.07) is 2.83. The number of aromatic nitrogens is 2. The Morgan fingerprint density at radius 3 is 2.21 bits per heavy atom. The van der Waals surface area contributed by atoms with E-state index in [9.17, 15) is 24.2 Å². The van der Waals surface area contributed by atoms with Crippen LogP contribution in [0.3, 0.4) is 0 Å². The molecule has 3 rings (SSSR count). The highest BCUT2D eigenvalue weighted by Crippen LogP contribution is 2.39. The zero-order valence-corrected chi connectivity index (χ0v) is 19.3. The van der Waals surface area contributed by atoms with Crippen LogP contribution >= 0.6 is 0 Å². The molecule has 0 radical (unpaired) electrons. The lowest BCUT2D eigenvalue weighted by Crippen LogP contribution is -2.36. The second kappa shape index (κ2) is 10.8. The van der Waals surface area contributed by atoms with Crippen molar-refractivity contribution in [3.05, 3.63) is 40.2 Å². The quantitative estimate of drug-likeness (QED) is 0.485. The van der Waals surface area contributed by atoms with Crippen LogP contribution in [-0.4, -0.2) is 63.8 Å². The molecule has 1 amide bonds. The van der Waals surface area contributed by atoms with E-state index >= 15 is 0 Å². The Bertz CT molecular complexity index is 1070. The summed E-state index contributed by atoms with van der Waals surface area (Å²) >= 11 is 0. The lowest BCUT2D eigenvalue weighted by atomic mass is 10.1. The van der Waals surface area contributed by atoms with Crippen LogP contribution in [0.1, 0.15) is 44.3 Å². The van der Waals surface area contributed by atoms with Crippen molar-refractivity contribution in [1.29, 1.82) is 0 Å².